The molecule has 9 heteroatoms. The van der Waals surface area contributed by atoms with Gasteiger partial charge in [-0.15, -0.1) is 0 Å². The number of β-amino-alcohol motifs (C(OH)–C–C–N with tert-alkyl or cyclic N) is 1. The third-order valence-electron chi connectivity index (χ3n) is 6.88. The van der Waals surface area contributed by atoms with E-state index < -0.39 is 35.4 Å². The number of hydrogen-bond donors (Lipinski definition) is 1. The van der Waals surface area contributed by atoms with Crippen molar-refractivity contribution in [2.75, 3.05) is 32.8 Å². The van der Waals surface area contributed by atoms with Crippen LogP contribution in [0.1, 0.15) is 52.4 Å². The number of likely N-dealkylation sites (tertiary alicyclic amines) is 1. The summed E-state index contributed by atoms with van der Waals surface area (Å²) in [6.07, 6.45) is -2.17. The van der Waals surface area contributed by atoms with Crippen molar-refractivity contribution in [2.24, 2.45) is 11.3 Å². The Hall–Kier alpha value is -1.35. The molecule has 2 aliphatic heterocycles. The van der Waals surface area contributed by atoms with E-state index in [2.05, 4.69) is 0 Å². The second-order valence-corrected chi connectivity index (χ2v) is 9.15. The smallest absolute Gasteiger partial charge is 0.387 e. The predicted octanol–water partition coefficient (Wildman–Crippen LogP) is 2.35. The van der Waals surface area contributed by atoms with Crippen LogP contribution in [0.5, 0.6) is 0 Å². The van der Waals surface area contributed by atoms with Crippen LogP contribution in [-0.2, 0) is 14.3 Å². The lowest BCUT2D eigenvalue weighted by atomic mass is 9.65. The van der Waals surface area contributed by atoms with Gasteiger partial charge in [-0.3, -0.25) is 9.59 Å². The highest BCUT2D eigenvalue weighted by molar-refractivity contribution is 5.79. The first-order valence-corrected chi connectivity index (χ1v) is 10.4. The van der Waals surface area contributed by atoms with E-state index >= 15 is 0 Å². The largest absolute Gasteiger partial charge is 0.389 e. The third kappa shape index (κ3) is 4.71. The number of amides is 2. The van der Waals surface area contributed by atoms with Crippen molar-refractivity contribution in [1.82, 2.24) is 9.80 Å². The first kappa shape index (κ1) is 22.3. The van der Waals surface area contributed by atoms with Crippen LogP contribution in [0.2, 0.25) is 0 Å². The Kier molecular flexibility index (Phi) is 6.21. The van der Waals surface area contributed by atoms with E-state index in [0.29, 0.717) is 19.4 Å². The van der Waals surface area contributed by atoms with Crippen molar-refractivity contribution in [3.05, 3.63) is 0 Å². The Balaban J connectivity index is 1.75. The van der Waals surface area contributed by atoms with Crippen LogP contribution in [0, 0.1) is 11.3 Å². The summed E-state index contributed by atoms with van der Waals surface area (Å²) in [5.41, 5.74) is -1.74. The standard InChI is InChI=1S/C20H31F3N2O4/c1-14(9-20(21,22)23)17(27)24-8-7-19(28,18(12-24)5-3-4-6-18)13-25-10-15(2)29-11-16(25)26/h14-15,28H,3-13H2,1-2H3/t14-,15-,19?/m1/s1. The molecule has 3 rings (SSSR count). The van der Waals surface area contributed by atoms with Gasteiger partial charge in [0.05, 0.1) is 24.7 Å². The summed E-state index contributed by atoms with van der Waals surface area (Å²) in [7, 11) is 0. The monoisotopic (exact) mass is 420 g/mol. The van der Waals surface area contributed by atoms with Gasteiger partial charge in [0, 0.05) is 31.0 Å². The fraction of sp³-hybridized carbons (Fsp3) is 0.900. The molecule has 3 fully saturated rings. The molecule has 3 aliphatic rings. The Morgan fingerprint density at radius 1 is 1.31 bits per heavy atom. The summed E-state index contributed by atoms with van der Waals surface area (Å²) in [4.78, 5) is 28.1. The summed E-state index contributed by atoms with van der Waals surface area (Å²) < 4.78 is 43.5. The molecule has 2 amide bonds. The van der Waals surface area contributed by atoms with Crippen LogP contribution in [-0.4, -0.2) is 77.4 Å². The summed E-state index contributed by atoms with van der Waals surface area (Å²) in [5.74, 6) is -1.81. The van der Waals surface area contributed by atoms with E-state index in [0.717, 1.165) is 12.8 Å². The number of carbonyl (C=O) groups excluding carboxylic acids is 2. The van der Waals surface area contributed by atoms with Crippen LogP contribution in [0.4, 0.5) is 13.2 Å². The maximum Gasteiger partial charge on any atom is 0.389 e. The first-order chi connectivity index (χ1) is 13.4. The highest BCUT2D eigenvalue weighted by Crippen LogP contribution is 2.51. The maximum absolute atomic E-state index is 12.7. The maximum atomic E-state index is 12.7. The van der Waals surface area contributed by atoms with Gasteiger partial charge in [-0.05, 0) is 26.2 Å². The number of piperidine rings is 1. The highest BCUT2D eigenvalue weighted by Gasteiger charge is 2.56. The molecular formula is C20H31F3N2O4. The van der Waals surface area contributed by atoms with Gasteiger partial charge in [-0.2, -0.15) is 13.2 Å². The summed E-state index contributed by atoms with van der Waals surface area (Å²) in [5, 5.41) is 11.6. The number of alkyl halides is 3. The van der Waals surface area contributed by atoms with E-state index in [1.165, 1.54) is 11.8 Å². The fourth-order valence-corrected chi connectivity index (χ4v) is 5.27. The Labute approximate surface area is 169 Å². The molecule has 0 aromatic heterocycles. The average molecular weight is 420 g/mol. The van der Waals surface area contributed by atoms with E-state index in [9.17, 15) is 27.9 Å². The van der Waals surface area contributed by atoms with Gasteiger partial charge < -0.3 is 19.6 Å². The second-order valence-electron chi connectivity index (χ2n) is 9.15. The minimum atomic E-state index is -4.38. The van der Waals surface area contributed by atoms with E-state index in [1.54, 1.807) is 4.90 Å². The fourth-order valence-electron chi connectivity index (χ4n) is 5.27. The van der Waals surface area contributed by atoms with Gasteiger partial charge in [-0.25, -0.2) is 0 Å². The molecule has 0 aromatic rings. The Bertz CT molecular complexity index is 636. The number of nitrogens with zero attached hydrogens (tertiary/aromatic N) is 2. The number of hydrogen-bond acceptors (Lipinski definition) is 4. The number of halogens is 3. The van der Waals surface area contributed by atoms with Crippen molar-refractivity contribution in [3.63, 3.8) is 0 Å². The molecule has 1 aliphatic carbocycles. The van der Waals surface area contributed by atoms with Gasteiger partial charge in [-0.1, -0.05) is 19.8 Å². The lowest BCUT2D eigenvalue weighted by Gasteiger charge is -2.54. The highest BCUT2D eigenvalue weighted by atomic mass is 19.4. The molecule has 1 saturated carbocycles. The van der Waals surface area contributed by atoms with Crippen molar-refractivity contribution in [2.45, 2.75) is 70.3 Å². The molecule has 1 unspecified atom stereocenters. The zero-order chi connectivity index (χ0) is 21.4. The lowest BCUT2D eigenvalue weighted by Crippen LogP contribution is -2.65. The molecule has 0 aromatic carbocycles. The number of morpholine rings is 1. The van der Waals surface area contributed by atoms with Gasteiger partial charge >= 0.3 is 6.18 Å². The third-order valence-corrected chi connectivity index (χ3v) is 6.88. The summed E-state index contributed by atoms with van der Waals surface area (Å²) in [6, 6.07) is 0. The van der Waals surface area contributed by atoms with Crippen LogP contribution in [0.15, 0.2) is 0 Å². The molecule has 1 spiro atoms. The molecular weight excluding hydrogens is 389 g/mol. The zero-order valence-corrected chi connectivity index (χ0v) is 17.1. The molecule has 0 radical (unpaired) electrons. The Morgan fingerprint density at radius 3 is 2.59 bits per heavy atom. The first-order valence-electron chi connectivity index (χ1n) is 10.4. The average Bonchev–Trinajstić information content (AvgIpc) is 3.09. The SMILES string of the molecule is C[C@@H]1CN(CC2(O)CCN(C(=O)[C@H](C)CC(F)(F)F)CC23CCCC3)C(=O)CO1. The van der Waals surface area contributed by atoms with E-state index in [4.69, 9.17) is 4.74 Å². The molecule has 2 heterocycles. The van der Waals surface area contributed by atoms with Gasteiger partial charge in [0.2, 0.25) is 11.8 Å². The van der Waals surface area contributed by atoms with Crippen LogP contribution >= 0.6 is 0 Å². The van der Waals surface area contributed by atoms with Crippen LogP contribution in [0.3, 0.4) is 0 Å². The van der Waals surface area contributed by atoms with Crippen LogP contribution < -0.4 is 0 Å². The zero-order valence-electron chi connectivity index (χ0n) is 17.1. The minimum absolute atomic E-state index is 0.0101. The summed E-state index contributed by atoms with van der Waals surface area (Å²) in [6.45, 7) is 4.21. The second kappa shape index (κ2) is 8.06. The number of aliphatic hydroxyl groups is 1. The van der Waals surface area contributed by atoms with Gasteiger partial charge in [0.15, 0.2) is 0 Å². The Morgan fingerprint density at radius 2 is 1.97 bits per heavy atom. The molecule has 3 atom stereocenters. The number of ether oxygens (including phenoxy) is 1. The van der Waals surface area contributed by atoms with Crippen LogP contribution in [0.25, 0.3) is 0 Å². The van der Waals surface area contributed by atoms with Gasteiger partial charge in [0.25, 0.3) is 0 Å². The quantitative estimate of drug-likeness (QED) is 0.758. The predicted molar refractivity (Wildman–Crippen MR) is 98.9 cm³/mol. The molecule has 2 saturated heterocycles. The molecule has 29 heavy (non-hydrogen) atoms. The number of carbonyl (C=O) groups is 2. The minimum Gasteiger partial charge on any atom is -0.387 e. The van der Waals surface area contributed by atoms with E-state index in [-0.39, 0.29) is 44.7 Å². The summed E-state index contributed by atoms with van der Waals surface area (Å²) >= 11 is 0. The van der Waals surface area contributed by atoms with E-state index in [1.807, 2.05) is 6.92 Å². The molecule has 1 N–H and O–H groups in total. The number of rotatable bonds is 4. The normalized spacial score (nSPS) is 31.4. The van der Waals surface area contributed by atoms with Crippen molar-refractivity contribution >= 4 is 11.8 Å². The van der Waals surface area contributed by atoms with Crippen molar-refractivity contribution < 1.29 is 32.6 Å². The molecule has 0 bridgehead atoms. The van der Waals surface area contributed by atoms with Gasteiger partial charge in [0.1, 0.15) is 6.61 Å². The molecule has 166 valence electrons. The van der Waals surface area contributed by atoms with Crippen molar-refractivity contribution in [1.29, 1.82) is 0 Å². The van der Waals surface area contributed by atoms with Crippen molar-refractivity contribution in [3.8, 4) is 0 Å². The molecule has 6 nitrogen and oxygen atoms in total. The lowest BCUT2D eigenvalue weighted by molar-refractivity contribution is -0.180. The topological polar surface area (TPSA) is 70.1 Å².